The molecule has 0 bridgehead atoms. The van der Waals surface area contributed by atoms with Crippen molar-refractivity contribution in [1.82, 2.24) is 0 Å². The van der Waals surface area contributed by atoms with Crippen molar-refractivity contribution in [2.24, 2.45) is 0 Å². The second-order valence-corrected chi connectivity index (χ2v) is 8.34. The zero-order valence-corrected chi connectivity index (χ0v) is 16.9. The van der Waals surface area contributed by atoms with Gasteiger partial charge in [-0.2, -0.15) is 0 Å². The Bertz CT molecular complexity index is 1080. The summed E-state index contributed by atoms with van der Waals surface area (Å²) in [4.78, 5) is 14.7. The summed E-state index contributed by atoms with van der Waals surface area (Å²) in [6.07, 6.45) is 1.65. The van der Waals surface area contributed by atoms with Crippen molar-refractivity contribution in [3.63, 3.8) is 0 Å². The number of carbonyl (C=O) groups is 1. The summed E-state index contributed by atoms with van der Waals surface area (Å²) in [7, 11) is -2.22. The SMILES string of the molecule is C=CCN(C(=O)c1ccc(S(=O)(=O)N(C)c2ccccc2)cc1)c1ccccc1. The zero-order valence-electron chi connectivity index (χ0n) is 16.1. The van der Waals surface area contributed by atoms with E-state index in [1.807, 2.05) is 36.4 Å². The molecule has 0 aliphatic carbocycles. The Morgan fingerprint density at radius 2 is 1.38 bits per heavy atom. The Labute approximate surface area is 171 Å². The Morgan fingerprint density at radius 1 is 0.862 bits per heavy atom. The average Bonchev–Trinajstić information content (AvgIpc) is 2.77. The Morgan fingerprint density at radius 3 is 1.90 bits per heavy atom. The summed E-state index contributed by atoms with van der Waals surface area (Å²) in [6.45, 7) is 4.06. The van der Waals surface area contributed by atoms with Crippen LogP contribution < -0.4 is 9.21 Å². The second-order valence-electron chi connectivity index (χ2n) is 6.37. The van der Waals surface area contributed by atoms with Gasteiger partial charge in [0.2, 0.25) is 0 Å². The lowest BCUT2D eigenvalue weighted by Crippen LogP contribution is -2.31. The molecule has 29 heavy (non-hydrogen) atoms. The standard InChI is InChI=1S/C23H22N2O3S/c1-3-18-25(21-12-8-5-9-13-21)23(26)19-14-16-22(17-15-19)29(27,28)24(2)20-10-6-4-7-11-20/h3-17H,1,18H2,2H3. The quantitative estimate of drug-likeness (QED) is 0.548. The Balaban J connectivity index is 1.87. The van der Waals surface area contributed by atoms with Crippen molar-refractivity contribution in [2.45, 2.75) is 4.90 Å². The maximum atomic E-state index is 13.0. The number of para-hydroxylation sites is 2. The molecule has 0 atom stereocenters. The predicted molar refractivity (Wildman–Crippen MR) is 117 cm³/mol. The van der Waals surface area contributed by atoms with Gasteiger partial charge in [0.15, 0.2) is 0 Å². The van der Waals surface area contributed by atoms with Crippen molar-refractivity contribution in [2.75, 3.05) is 22.8 Å². The van der Waals surface area contributed by atoms with Crippen LogP contribution >= 0.6 is 0 Å². The molecule has 0 aromatic heterocycles. The molecule has 5 nitrogen and oxygen atoms in total. The molecule has 0 unspecified atom stereocenters. The Hall–Kier alpha value is -3.38. The van der Waals surface area contributed by atoms with Crippen LogP contribution in [-0.4, -0.2) is 27.9 Å². The van der Waals surface area contributed by atoms with Gasteiger partial charge >= 0.3 is 0 Å². The predicted octanol–water partition coefficient (Wildman–Crippen LogP) is 4.34. The fourth-order valence-corrected chi connectivity index (χ4v) is 4.10. The minimum atomic E-state index is -3.72. The number of benzene rings is 3. The van der Waals surface area contributed by atoms with Crippen LogP contribution in [0.4, 0.5) is 11.4 Å². The first-order chi connectivity index (χ1) is 13.9. The van der Waals surface area contributed by atoms with Crippen molar-refractivity contribution >= 4 is 27.3 Å². The van der Waals surface area contributed by atoms with Crippen LogP contribution in [0.25, 0.3) is 0 Å². The molecule has 0 saturated carbocycles. The van der Waals surface area contributed by atoms with E-state index in [9.17, 15) is 13.2 Å². The van der Waals surface area contributed by atoms with Crippen LogP contribution in [-0.2, 0) is 10.0 Å². The van der Waals surface area contributed by atoms with Crippen LogP contribution in [0.1, 0.15) is 10.4 Å². The lowest BCUT2D eigenvalue weighted by Gasteiger charge is -2.22. The minimum Gasteiger partial charge on any atom is -0.305 e. The van der Waals surface area contributed by atoms with Crippen molar-refractivity contribution in [3.8, 4) is 0 Å². The van der Waals surface area contributed by atoms with Gasteiger partial charge in [-0.3, -0.25) is 9.10 Å². The number of hydrogen-bond acceptors (Lipinski definition) is 3. The van der Waals surface area contributed by atoms with Gasteiger partial charge in [-0.25, -0.2) is 8.42 Å². The molecule has 0 spiro atoms. The van der Waals surface area contributed by atoms with E-state index in [-0.39, 0.29) is 10.8 Å². The highest BCUT2D eigenvalue weighted by molar-refractivity contribution is 7.92. The van der Waals surface area contributed by atoms with Crippen molar-refractivity contribution in [3.05, 3.63) is 103 Å². The van der Waals surface area contributed by atoms with Gasteiger partial charge in [0.05, 0.1) is 10.6 Å². The van der Waals surface area contributed by atoms with E-state index in [1.165, 1.54) is 35.6 Å². The molecular formula is C23H22N2O3S. The maximum Gasteiger partial charge on any atom is 0.264 e. The van der Waals surface area contributed by atoms with E-state index in [4.69, 9.17) is 0 Å². The summed E-state index contributed by atoms with van der Waals surface area (Å²) in [5.41, 5.74) is 1.71. The van der Waals surface area contributed by atoms with Gasteiger partial charge in [0, 0.05) is 24.8 Å². The van der Waals surface area contributed by atoms with E-state index < -0.39 is 10.0 Å². The summed E-state index contributed by atoms with van der Waals surface area (Å²) in [5, 5.41) is 0. The topological polar surface area (TPSA) is 57.7 Å². The third-order valence-corrected chi connectivity index (χ3v) is 6.30. The van der Waals surface area contributed by atoms with Gasteiger partial charge in [-0.1, -0.05) is 42.5 Å². The van der Waals surface area contributed by atoms with Crippen LogP contribution in [0.15, 0.2) is 102 Å². The molecule has 0 aliphatic rings. The smallest absolute Gasteiger partial charge is 0.264 e. The van der Waals surface area contributed by atoms with E-state index >= 15 is 0 Å². The maximum absolute atomic E-state index is 13.0. The fraction of sp³-hybridized carbons (Fsp3) is 0.0870. The monoisotopic (exact) mass is 406 g/mol. The summed E-state index contributed by atoms with van der Waals surface area (Å²) >= 11 is 0. The van der Waals surface area contributed by atoms with Gasteiger partial charge < -0.3 is 4.90 Å². The highest BCUT2D eigenvalue weighted by Crippen LogP contribution is 2.23. The van der Waals surface area contributed by atoms with Crippen molar-refractivity contribution < 1.29 is 13.2 Å². The lowest BCUT2D eigenvalue weighted by atomic mass is 10.2. The number of amides is 1. The fourth-order valence-electron chi connectivity index (χ4n) is 2.90. The largest absolute Gasteiger partial charge is 0.305 e. The molecule has 0 N–H and O–H groups in total. The molecule has 3 aromatic rings. The van der Waals surface area contributed by atoms with Gasteiger partial charge in [0.25, 0.3) is 15.9 Å². The van der Waals surface area contributed by atoms with E-state index in [1.54, 1.807) is 35.2 Å². The molecule has 3 aromatic carbocycles. The van der Waals surface area contributed by atoms with Crippen LogP contribution in [0.3, 0.4) is 0 Å². The van der Waals surface area contributed by atoms with E-state index in [2.05, 4.69) is 6.58 Å². The molecule has 0 radical (unpaired) electrons. The van der Waals surface area contributed by atoms with E-state index in [0.717, 1.165) is 5.69 Å². The Kier molecular flexibility index (Phi) is 6.14. The summed E-state index contributed by atoms with van der Waals surface area (Å²) in [6, 6.07) is 24.1. The highest BCUT2D eigenvalue weighted by Gasteiger charge is 2.22. The normalized spacial score (nSPS) is 10.9. The first-order valence-electron chi connectivity index (χ1n) is 9.07. The number of anilines is 2. The van der Waals surface area contributed by atoms with Crippen molar-refractivity contribution in [1.29, 1.82) is 0 Å². The zero-order chi connectivity index (χ0) is 20.9. The third-order valence-electron chi connectivity index (χ3n) is 4.50. The van der Waals surface area contributed by atoms with E-state index in [0.29, 0.717) is 17.8 Å². The molecule has 1 amide bonds. The van der Waals surface area contributed by atoms with Crippen LogP contribution in [0.5, 0.6) is 0 Å². The third kappa shape index (κ3) is 4.38. The second kappa shape index (κ2) is 8.75. The van der Waals surface area contributed by atoms with Gasteiger partial charge in [0.1, 0.15) is 0 Å². The van der Waals surface area contributed by atoms with Gasteiger partial charge in [-0.05, 0) is 48.5 Å². The summed E-state index contributed by atoms with van der Waals surface area (Å²) in [5.74, 6) is -0.225. The molecule has 0 fully saturated rings. The molecular weight excluding hydrogens is 384 g/mol. The highest BCUT2D eigenvalue weighted by atomic mass is 32.2. The summed E-state index contributed by atoms with van der Waals surface area (Å²) < 4.78 is 27.0. The van der Waals surface area contributed by atoms with Crippen LogP contribution in [0.2, 0.25) is 0 Å². The number of carbonyl (C=O) groups excluding carboxylic acids is 1. The minimum absolute atomic E-state index is 0.121. The first kappa shape index (κ1) is 20.4. The number of sulfonamides is 1. The lowest BCUT2D eigenvalue weighted by molar-refractivity contribution is 0.0989. The molecule has 148 valence electrons. The average molecular weight is 407 g/mol. The van der Waals surface area contributed by atoms with Gasteiger partial charge in [-0.15, -0.1) is 6.58 Å². The molecule has 6 heteroatoms. The first-order valence-corrected chi connectivity index (χ1v) is 10.5. The molecule has 0 saturated heterocycles. The molecule has 3 rings (SSSR count). The number of nitrogens with zero attached hydrogens (tertiary/aromatic N) is 2. The number of rotatable bonds is 7. The molecule has 0 aliphatic heterocycles. The molecule has 0 heterocycles. The van der Waals surface area contributed by atoms with Crippen LogP contribution in [0, 0.1) is 0 Å². The number of hydrogen-bond donors (Lipinski definition) is 0.